The fourth-order valence-electron chi connectivity index (χ4n) is 1.68. The highest BCUT2D eigenvalue weighted by Gasteiger charge is 2.26. The monoisotopic (exact) mass is 175 g/mol. The minimum Gasteiger partial charge on any atom is -0.317 e. The number of rotatable bonds is 3. The summed E-state index contributed by atoms with van der Waals surface area (Å²) in [5.74, 6) is 0.821. The summed E-state index contributed by atoms with van der Waals surface area (Å²) in [4.78, 5) is 0. The van der Waals surface area contributed by atoms with E-state index in [1.165, 1.54) is 6.42 Å². The summed E-state index contributed by atoms with van der Waals surface area (Å²) in [7, 11) is 1.42. The van der Waals surface area contributed by atoms with Crippen molar-refractivity contribution >= 4 is 10.8 Å². The van der Waals surface area contributed by atoms with Gasteiger partial charge in [-0.15, -0.1) is 0 Å². The van der Waals surface area contributed by atoms with Crippen molar-refractivity contribution in [3.63, 3.8) is 0 Å². The van der Waals surface area contributed by atoms with Crippen LogP contribution in [0.2, 0.25) is 0 Å². The van der Waals surface area contributed by atoms with E-state index in [-0.39, 0.29) is 0 Å². The molecule has 0 aromatic carbocycles. The summed E-state index contributed by atoms with van der Waals surface area (Å²) in [6, 6.07) is 0.621. The predicted octanol–water partition coefficient (Wildman–Crippen LogP) is 0.895. The van der Waals surface area contributed by atoms with E-state index in [4.69, 9.17) is 0 Å². The zero-order valence-corrected chi connectivity index (χ0v) is 8.12. The molecule has 11 heavy (non-hydrogen) atoms. The Labute approximate surface area is 71.2 Å². The molecule has 1 aliphatic rings. The molecule has 0 heterocycles. The van der Waals surface area contributed by atoms with Crippen molar-refractivity contribution in [3.8, 4) is 0 Å². The molecule has 1 N–H and O–H groups in total. The predicted molar refractivity (Wildman–Crippen MR) is 49.2 cm³/mol. The van der Waals surface area contributed by atoms with Crippen molar-refractivity contribution in [1.29, 1.82) is 0 Å². The molecule has 3 unspecified atom stereocenters. The quantitative estimate of drug-likeness (QED) is 0.690. The standard InChI is InChI=1S/C8H17NOS/c1-3-11(10)8-5-4-7(6-8)9-2/h7-9H,3-6H2,1-2H3. The van der Waals surface area contributed by atoms with E-state index < -0.39 is 10.8 Å². The number of nitrogens with one attached hydrogen (secondary N) is 1. The smallest absolute Gasteiger partial charge is 0.0363 e. The van der Waals surface area contributed by atoms with Crippen LogP contribution in [-0.2, 0) is 10.8 Å². The van der Waals surface area contributed by atoms with Crippen LogP contribution in [0.25, 0.3) is 0 Å². The van der Waals surface area contributed by atoms with Gasteiger partial charge in [0.25, 0.3) is 0 Å². The third kappa shape index (κ3) is 2.27. The van der Waals surface area contributed by atoms with Gasteiger partial charge in [0.1, 0.15) is 0 Å². The Morgan fingerprint density at radius 3 is 2.73 bits per heavy atom. The fraction of sp³-hybridized carbons (Fsp3) is 1.00. The van der Waals surface area contributed by atoms with Crippen LogP contribution in [0.4, 0.5) is 0 Å². The Morgan fingerprint density at radius 1 is 1.55 bits per heavy atom. The molecule has 0 aliphatic heterocycles. The van der Waals surface area contributed by atoms with Crippen LogP contribution in [0.1, 0.15) is 26.2 Å². The van der Waals surface area contributed by atoms with E-state index in [0.29, 0.717) is 11.3 Å². The third-order valence-electron chi connectivity index (χ3n) is 2.45. The normalized spacial score (nSPS) is 34.0. The lowest BCUT2D eigenvalue weighted by Gasteiger charge is -2.08. The van der Waals surface area contributed by atoms with E-state index in [9.17, 15) is 4.21 Å². The van der Waals surface area contributed by atoms with Crippen molar-refractivity contribution in [2.45, 2.75) is 37.5 Å². The van der Waals surface area contributed by atoms with Crippen LogP contribution >= 0.6 is 0 Å². The van der Waals surface area contributed by atoms with Crippen molar-refractivity contribution in [3.05, 3.63) is 0 Å². The highest BCUT2D eigenvalue weighted by Crippen LogP contribution is 2.23. The van der Waals surface area contributed by atoms with E-state index in [1.54, 1.807) is 0 Å². The zero-order chi connectivity index (χ0) is 8.27. The number of hydrogen-bond acceptors (Lipinski definition) is 2. The molecule has 1 saturated carbocycles. The maximum Gasteiger partial charge on any atom is 0.0363 e. The minimum absolute atomic E-state index is 0.470. The SMILES string of the molecule is CCS(=O)C1CCC(NC)C1. The van der Waals surface area contributed by atoms with Gasteiger partial charge in [0, 0.05) is 27.8 Å². The molecule has 2 nitrogen and oxygen atoms in total. The highest BCUT2D eigenvalue weighted by atomic mass is 32.2. The first kappa shape index (κ1) is 9.20. The fourth-order valence-corrected chi connectivity index (χ4v) is 2.99. The van der Waals surface area contributed by atoms with Crippen LogP contribution in [0.5, 0.6) is 0 Å². The number of hydrogen-bond donors (Lipinski definition) is 1. The molecule has 0 saturated heterocycles. The molecule has 0 aromatic heterocycles. The van der Waals surface area contributed by atoms with E-state index >= 15 is 0 Å². The van der Waals surface area contributed by atoms with Gasteiger partial charge in [-0.05, 0) is 26.3 Å². The van der Waals surface area contributed by atoms with E-state index in [0.717, 1.165) is 18.6 Å². The van der Waals surface area contributed by atoms with Gasteiger partial charge in [-0.2, -0.15) is 0 Å². The van der Waals surface area contributed by atoms with Crippen LogP contribution in [-0.4, -0.2) is 28.3 Å². The van der Waals surface area contributed by atoms with Crippen molar-refractivity contribution in [1.82, 2.24) is 5.32 Å². The van der Waals surface area contributed by atoms with Crippen molar-refractivity contribution < 1.29 is 4.21 Å². The Hall–Kier alpha value is 0.110. The first-order chi connectivity index (χ1) is 5.27. The first-order valence-electron chi connectivity index (χ1n) is 4.32. The lowest BCUT2D eigenvalue weighted by Crippen LogP contribution is -2.23. The summed E-state index contributed by atoms with van der Waals surface area (Å²) >= 11 is 0. The van der Waals surface area contributed by atoms with Gasteiger partial charge in [-0.3, -0.25) is 4.21 Å². The lowest BCUT2D eigenvalue weighted by atomic mass is 10.3. The second kappa shape index (κ2) is 4.21. The second-order valence-corrected chi connectivity index (χ2v) is 5.10. The Morgan fingerprint density at radius 2 is 2.27 bits per heavy atom. The molecule has 1 rings (SSSR count). The highest BCUT2D eigenvalue weighted by molar-refractivity contribution is 7.85. The Balaban J connectivity index is 2.35. The topological polar surface area (TPSA) is 29.1 Å². The molecule has 3 atom stereocenters. The first-order valence-corrected chi connectivity index (χ1v) is 5.70. The zero-order valence-electron chi connectivity index (χ0n) is 7.30. The average Bonchev–Trinajstić information content (AvgIpc) is 2.50. The molecule has 0 amide bonds. The molecule has 0 radical (unpaired) electrons. The Kier molecular flexibility index (Phi) is 3.52. The molecular formula is C8H17NOS. The maximum absolute atomic E-state index is 11.4. The molecule has 3 heteroatoms. The van der Waals surface area contributed by atoms with Crippen LogP contribution < -0.4 is 5.32 Å². The maximum atomic E-state index is 11.4. The van der Waals surface area contributed by atoms with Crippen molar-refractivity contribution in [2.24, 2.45) is 0 Å². The van der Waals surface area contributed by atoms with Crippen LogP contribution in [0.3, 0.4) is 0 Å². The molecule has 1 aliphatic carbocycles. The third-order valence-corrected chi connectivity index (χ3v) is 4.19. The molecule has 0 aromatic rings. The summed E-state index contributed by atoms with van der Waals surface area (Å²) < 4.78 is 11.4. The molecule has 0 bridgehead atoms. The summed E-state index contributed by atoms with van der Waals surface area (Å²) in [5, 5.41) is 3.71. The van der Waals surface area contributed by atoms with Gasteiger partial charge in [0.05, 0.1) is 0 Å². The van der Waals surface area contributed by atoms with Crippen LogP contribution in [0.15, 0.2) is 0 Å². The average molecular weight is 175 g/mol. The largest absolute Gasteiger partial charge is 0.317 e. The van der Waals surface area contributed by atoms with Gasteiger partial charge in [-0.1, -0.05) is 6.92 Å². The molecule has 1 fully saturated rings. The molecular weight excluding hydrogens is 158 g/mol. The summed E-state index contributed by atoms with van der Waals surface area (Å²) in [5.41, 5.74) is 0. The minimum atomic E-state index is -0.565. The molecule has 0 spiro atoms. The van der Waals surface area contributed by atoms with Gasteiger partial charge >= 0.3 is 0 Å². The molecule has 66 valence electrons. The van der Waals surface area contributed by atoms with Crippen molar-refractivity contribution in [2.75, 3.05) is 12.8 Å². The van der Waals surface area contributed by atoms with E-state index in [2.05, 4.69) is 5.32 Å². The van der Waals surface area contributed by atoms with Gasteiger partial charge in [-0.25, -0.2) is 0 Å². The van der Waals surface area contributed by atoms with Gasteiger partial charge < -0.3 is 5.32 Å². The lowest BCUT2D eigenvalue weighted by molar-refractivity contribution is 0.581. The van der Waals surface area contributed by atoms with E-state index in [1.807, 2.05) is 14.0 Å². The van der Waals surface area contributed by atoms with Gasteiger partial charge in [0.2, 0.25) is 0 Å². The second-order valence-electron chi connectivity index (χ2n) is 3.09. The Bertz CT molecular complexity index is 149. The summed E-state index contributed by atoms with van der Waals surface area (Å²) in [6.07, 6.45) is 3.45. The van der Waals surface area contributed by atoms with Crippen LogP contribution in [0, 0.1) is 0 Å². The van der Waals surface area contributed by atoms with Gasteiger partial charge in [0.15, 0.2) is 0 Å². The summed E-state index contributed by atoms with van der Waals surface area (Å²) in [6.45, 7) is 2.00.